The molecular weight excluding hydrogens is 348 g/mol. The van der Waals surface area contributed by atoms with Crippen LogP contribution in [-0.2, 0) is 4.79 Å². The molecule has 2 aliphatic rings. The molecule has 136 valence electrons. The molecule has 2 aliphatic heterocycles. The van der Waals surface area contributed by atoms with Gasteiger partial charge in [0.2, 0.25) is 0 Å². The average molecular weight is 370 g/mol. The lowest BCUT2D eigenvalue weighted by Gasteiger charge is -2.25. The summed E-state index contributed by atoms with van der Waals surface area (Å²) in [6.07, 6.45) is 5.77. The Morgan fingerprint density at radius 3 is 3.04 bits per heavy atom. The maximum Gasteiger partial charge on any atom is 0.264 e. The number of aryl methyl sites for hydroxylation is 1. The van der Waals surface area contributed by atoms with Gasteiger partial charge in [0, 0.05) is 13.5 Å². The number of aromatic nitrogens is 1. The number of hydrogen-bond donors (Lipinski definition) is 1. The third-order valence-electron chi connectivity index (χ3n) is 4.59. The van der Waals surface area contributed by atoms with Gasteiger partial charge in [-0.2, -0.15) is 0 Å². The van der Waals surface area contributed by atoms with Crippen LogP contribution in [0.3, 0.4) is 0 Å². The van der Waals surface area contributed by atoms with E-state index < -0.39 is 0 Å². The fourth-order valence-electron chi connectivity index (χ4n) is 3.28. The Labute approximate surface area is 156 Å². The first kappa shape index (κ1) is 17.3. The lowest BCUT2D eigenvalue weighted by Crippen LogP contribution is -2.32. The summed E-state index contributed by atoms with van der Waals surface area (Å²) in [5, 5.41) is 3.54. The molecule has 1 N–H and O–H groups in total. The fraction of sp³-hybridized carbons (Fsp3) is 0.421. The molecule has 3 heterocycles. The number of amides is 1. The van der Waals surface area contributed by atoms with Crippen molar-refractivity contribution in [1.29, 1.82) is 0 Å². The van der Waals surface area contributed by atoms with Gasteiger partial charge >= 0.3 is 0 Å². The Balaban J connectivity index is 1.41. The van der Waals surface area contributed by atoms with Crippen molar-refractivity contribution in [3.05, 3.63) is 34.6 Å². The van der Waals surface area contributed by atoms with E-state index in [1.165, 1.54) is 44.1 Å². The van der Waals surface area contributed by atoms with E-state index in [0.29, 0.717) is 16.0 Å². The monoisotopic (exact) mass is 370 g/mol. The summed E-state index contributed by atoms with van der Waals surface area (Å²) in [5.41, 5.74) is 2.48. The second kappa shape index (κ2) is 7.63. The van der Waals surface area contributed by atoms with Crippen LogP contribution >= 0.6 is 11.8 Å². The van der Waals surface area contributed by atoms with E-state index in [0.717, 1.165) is 29.8 Å². The number of nitrogens with zero attached hydrogens (tertiary/aromatic N) is 3. The number of benzene rings is 1. The smallest absolute Gasteiger partial charge is 0.264 e. The predicted molar refractivity (Wildman–Crippen MR) is 105 cm³/mol. The molecule has 2 aromatic rings. The molecule has 0 radical (unpaired) electrons. The highest BCUT2D eigenvalue weighted by molar-refractivity contribution is 8.18. The standard InChI is InChI=1S/C19H22N4O2S/c1-13-21-15-6-5-14(11-16(15)25-13)12-17-18(24)22-19(26-17)20-7-10-23-8-3-2-4-9-23/h5-6,11-12H,2-4,7-10H2,1H3,(H,20,22,24)/b17-12+. The van der Waals surface area contributed by atoms with Crippen LogP contribution < -0.4 is 5.32 Å². The van der Waals surface area contributed by atoms with Crippen LogP contribution in [0.25, 0.3) is 17.2 Å². The van der Waals surface area contributed by atoms with Gasteiger partial charge in [0.15, 0.2) is 16.6 Å². The van der Waals surface area contributed by atoms with Gasteiger partial charge in [0.05, 0.1) is 11.4 Å². The highest BCUT2D eigenvalue weighted by Crippen LogP contribution is 2.27. The van der Waals surface area contributed by atoms with Gasteiger partial charge in [0.25, 0.3) is 5.91 Å². The zero-order valence-electron chi connectivity index (χ0n) is 14.8. The van der Waals surface area contributed by atoms with Crippen molar-refractivity contribution >= 4 is 40.0 Å². The van der Waals surface area contributed by atoms with Gasteiger partial charge in [-0.25, -0.2) is 4.98 Å². The maximum absolute atomic E-state index is 12.2. The second-order valence-electron chi connectivity index (χ2n) is 6.61. The first-order valence-corrected chi connectivity index (χ1v) is 9.84. The van der Waals surface area contributed by atoms with Crippen LogP contribution in [0.5, 0.6) is 0 Å². The predicted octanol–water partition coefficient (Wildman–Crippen LogP) is 3.18. The van der Waals surface area contributed by atoms with E-state index >= 15 is 0 Å². The molecule has 4 rings (SSSR count). The number of carbonyl (C=O) groups is 1. The van der Waals surface area contributed by atoms with Crippen molar-refractivity contribution in [2.75, 3.05) is 26.2 Å². The van der Waals surface area contributed by atoms with Gasteiger partial charge in [-0.05, 0) is 61.5 Å². The Morgan fingerprint density at radius 2 is 2.19 bits per heavy atom. The molecule has 0 atom stereocenters. The number of thioether (sulfide) groups is 1. The van der Waals surface area contributed by atoms with Gasteiger partial charge in [0.1, 0.15) is 5.52 Å². The van der Waals surface area contributed by atoms with E-state index in [1.807, 2.05) is 31.2 Å². The third-order valence-corrected chi connectivity index (χ3v) is 5.54. The minimum Gasteiger partial charge on any atom is -0.441 e. The summed E-state index contributed by atoms with van der Waals surface area (Å²) in [6, 6.07) is 5.75. The molecule has 2 saturated heterocycles. The molecule has 1 aromatic carbocycles. The van der Waals surface area contributed by atoms with Crippen molar-refractivity contribution in [2.24, 2.45) is 4.99 Å². The SMILES string of the molecule is Cc1nc2ccc(/C=C3/SC(=NCCN4CCCCC4)NC3=O)cc2o1. The normalized spacial score (nSPS) is 21.8. The molecule has 1 aromatic heterocycles. The van der Waals surface area contributed by atoms with Crippen LogP contribution in [0.2, 0.25) is 0 Å². The summed E-state index contributed by atoms with van der Waals surface area (Å²) in [5.74, 6) is 0.543. The molecule has 0 bridgehead atoms. The van der Waals surface area contributed by atoms with Crippen LogP contribution in [0, 0.1) is 6.92 Å². The van der Waals surface area contributed by atoms with Crippen molar-refractivity contribution < 1.29 is 9.21 Å². The molecule has 0 saturated carbocycles. The molecule has 6 nitrogen and oxygen atoms in total. The number of carbonyl (C=O) groups excluding carboxylic acids is 1. The fourth-order valence-corrected chi connectivity index (χ4v) is 4.12. The van der Waals surface area contributed by atoms with E-state index in [4.69, 9.17) is 4.42 Å². The maximum atomic E-state index is 12.2. The number of amidine groups is 1. The van der Waals surface area contributed by atoms with Crippen LogP contribution in [-0.4, -0.2) is 47.1 Å². The molecule has 26 heavy (non-hydrogen) atoms. The zero-order chi connectivity index (χ0) is 17.9. The minimum absolute atomic E-state index is 0.0967. The Bertz CT molecular complexity index is 881. The Morgan fingerprint density at radius 1 is 1.35 bits per heavy atom. The average Bonchev–Trinajstić information content (AvgIpc) is 3.17. The highest BCUT2D eigenvalue weighted by atomic mass is 32.2. The summed E-state index contributed by atoms with van der Waals surface area (Å²) in [7, 11) is 0. The number of likely N-dealkylation sites (tertiary alicyclic amines) is 1. The molecule has 0 unspecified atom stereocenters. The van der Waals surface area contributed by atoms with E-state index in [2.05, 4.69) is 20.2 Å². The quantitative estimate of drug-likeness (QED) is 0.837. The summed E-state index contributed by atoms with van der Waals surface area (Å²) >= 11 is 1.40. The minimum atomic E-state index is -0.0967. The first-order chi connectivity index (χ1) is 12.7. The molecule has 0 aliphatic carbocycles. The second-order valence-corrected chi connectivity index (χ2v) is 7.64. The highest BCUT2D eigenvalue weighted by Gasteiger charge is 2.23. The largest absolute Gasteiger partial charge is 0.441 e. The topological polar surface area (TPSA) is 70.7 Å². The molecule has 1 amide bonds. The summed E-state index contributed by atoms with van der Waals surface area (Å²) < 4.78 is 5.56. The number of piperidine rings is 1. The van der Waals surface area contributed by atoms with E-state index in [-0.39, 0.29) is 5.91 Å². The molecular formula is C19H22N4O2S. The first-order valence-electron chi connectivity index (χ1n) is 9.02. The Kier molecular flexibility index (Phi) is 5.08. The van der Waals surface area contributed by atoms with Gasteiger partial charge in [-0.1, -0.05) is 12.5 Å². The van der Waals surface area contributed by atoms with Gasteiger partial charge < -0.3 is 14.6 Å². The van der Waals surface area contributed by atoms with Gasteiger partial charge in [-0.3, -0.25) is 9.79 Å². The number of fused-ring (bicyclic) bond motifs is 1. The van der Waals surface area contributed by atoms with Crippen molar-refractivity contribution in [2.45, 2.75) is 26.2 Å². The number of oxazole rings is 1. The number of aliphatic imine (C=N–C) groups is 1. The number of hydrogen-bond acceptors (Lipinski definition) is 6. The number of nitrogens with one attached hydrogen (secondary N) is 1. The molecule has 7 heteroatoms. The van der Waals surface area contributed by atoms with E-state index in [9.17, 15) is 4.79 Å². The summed E-state index contributed by atoms with van der Waals surface area (Å²) in [6.45, 7) is 5.84. The third kappa shape index (κ3) is 3.99. The number of rotatable bonds is 4. The lowest BCUT2D eigenvalue weighted by atomic mass is 10.1. The lowest BCUT2D eigenvalue weighted by molar-refractivity contribution is -0.115. The molecule has 0 spiro atoms. The van der Waals surface area contributed by atoms with Crippen molar-refractivity contribution in [3.63, 3.8) is 0 Å². The van der Waals surface area contributed by atoms with Gasteiger partial charge in [-0.15, -0.1) is 0 Å². The van der Waals surface area contributed by atoms with Crippen molar-refractivity contribution in [3.8, 4) is 0 Å². The Hall–Kier alpha value is -2.12. The van der Waals surface area contributed by atoms with Crippen molar-refractivity contribution in [1.82, 2.24) is 15.2 Å². The molecule has 2 fully saturated rings. The van der Waals surface area contributed by atoms with Crippen LogP contribution in [0.1, 0.15) is 30.7 Å². The summed E-state index contributed by atoms with van der Waals surface area (Å²) in [4.78, 5) is 24.1. The van der Waals surface area contributed by atoms with Crippen LogP contribution in [0.15, 0.2) is 32.5 Å². The zero-order valence-corrected chi connectivity index (χ0v) is 15.6. The van der Waals surface area contributed by atoms with E-state index in [1.54, 1.807) is 0 Å². The van der Waals surface area contributed by atoms with Crippen LogP contribution in [0.4, 0.5) is 0 Å².